The lowest BCUT2D eigenvalue weighted by Crippen LogP contribution is -2.42. The summed E-state index contributed by atoms with van der Waals surface area (Å²) in [4.78, 5) is 2.47. The molecule has 6 heteroatoms. The van der Waals surface area contributed by atoms with Crippen LogP contribution in [0.2, 0.25) is 5.15 Å². The number of nitrogens with one attached hydrogen (secondary N) is 1. The maximum Gasteiger partial charge on any atom is 0.167 e. The number of anilines is 1. The average molecular weight is 297 g/mol. The van der Waals surface area contributed by atoms with Crippen LogP contribution in [-0.2, 0) is 0 Å². The first-order valence-electron chi connectivity index (χ1n) is 6.66. The summed E-state index contributed by atoms with van der Waals surface area (Å²) in [7, 11) is 0. The minimum absolute atomic E-state index is 0.453. The zero-order valence-corrected chi connectivity index (χ0v) is 12.5. The molecule has 0 amide bonds. The molecule has 3 heterocycles. The summed E-state index contributed by atoms with van der Waals surface area (Å²) in [6.07, 6.45) is 2.42. The van der Waals surface area contributed by atoms with Crippen LogP contribution >= 0.6 is 22.9 Å². The standard InChI is InChI=1S/C13H17ClN4S/c1-2-18-6-3-4-9(8-18)15-13-11-10(5-7-19-11)12(14)16-17-13/h5,7,9H,2-4,6,8H2,1H3,(H,15,17)/t9-/m1/s1. The van der Waals surface area contributed by atoms with Crippen molar-refractivity contribution in [1.82, 2.24) is 15.1 Å². The molecule has 4 nitrogen and oxygen atoms in total. The first-order valence-corrected chi connectivity index (χ1v) is 7.92. The molecule has 0 saturated carbocycles. The van der Waals surface area contributed by atoms with Crippen molar-refractivity contribution in [3.8, 4) is 0 Å². The van der Waals surface area contributed by atoms with Gasteiger partial charge < -0.3 is 10.2 Å². The summed E-state index contributed by atoms with van der Waals surface area (Å²) < 4.78 is 1.11. The lowest BCUT2D eigenvalue weighted by Gasteiger charge is -2.32. The van der Waals surface area contributed by atoms with Crippen LogP contribution in [0.5, 0.6) is 0 Å². The Morgan fingerprint density at radius 3 is 3.26 bits per heavy atom. The number of thiophene rings is 1. The number of piperidine rings is 1. The van der Waals surface area contributed by atoms with E-state index in [4.69, 9.17) is 11.6 Å². The number of fused-ring (bicyclic) bond motifs is 1. The van der Waals surface area contributed by atoms with Gasteiger partial charge in [0.1, 0.15) is 0 Å². The molecule has 0 bridgehead atoms. The molecule has 1 N–H and O–H groups in total. The second-order valence-corrected chi connectivity index (χ2v) is 6.15. The van der Waals surface area contributed by atoms with Gasteiger partial charge in [-0.2, -0.15) is 0 Å². The topological polar surface area (TPSA) is 41.0 Å². The Kier molecular flexibility index (Phi) is 3.86. The minimum atomic E-state index is 0.453. The number of aromatic nitrogens is 2. The van der Waals surface area contributed by atoms with Gasteiger partial charge in [0.25, 0.3) is 0 Å². The molecule has 1 saturated heterocycles. The van der Waals surface area contributed by atoms with Crippen molar-refractivity contribution in [3.63, 3.8) is 0 Å². The van der Waals surface area contributed by atoms with E-state index in [2.05, 4.69) is 27.3 Å². The van der Waals surface area contributed by atoms with E-state index in [1.165, 1.54) is 19.4 Å². The summed E-state index contributed by atoms with van der Waals surface area (Å²) in [5.74, 6) is 0.873. The van der Waals surface area contributed by atoms with Crippen LogP contribution in [0.1, 0.15) is 19.8 Å². The smallest absolute Gasteiger partial charge is 0.167 e. The molecule has 19 heavy (non-hydrogen) atoms. The zero-order chi connectivity index (χ0) is 13.2. The van der Waals surface area contributed by atoms with Crippen LogP contribution in [0, 0.1) is 0 Å². The molecule has 2 aromatic rings. The van der Waals surface area contributed by atoms with E-state index >= 15 is 0 Å². The van der Waals surface area contributed by atoms with Crippen LogP contribution in [0.3, 0.4) is 0 Å². The molecule has 0 spiro atoms. The van der Waals surface area contributed by atoms with Crippen molar-refractivity contribution < 1.29 is 0 Å². The fourth-order valence-electron chi connectivity index (χ4n) is 2.60. The molecule has 3 rings (SSSR count). The van der Waals surface area contributed by atoms with E-state index in [0.29, 0.717) is 11.2 Å². The normalized spacial score (nSPS) is 20.8. The maximum absolute atomic E-state index is 6.06. The van der Waals surface area contributed by atoms with Crippen LogP contribution in [-0.4, -0.2) is 40.8 Å². The molecular formula is C13H17ClN4S. The highest BCUT2D eigenvalue weighted by Gasteiger charge is 2.20. The predicted octanol–water partition coefficient (Wildman–Crippen LogP) is 3.24. The largest absolute Gasteiger partial charge is 0.363 e. The van der Waals surface area contributed by atoms with Gasteiger partial charge in [-0.3, -0.25) is 0 Å². The zero-order valence-electron chi connectivity index (χ0n) is 10.9. The van der Waals surface area contributed by atoms with Crippen molar-refractivity contribution in [1.29, 1.82) is 0 Å². The molecule has 2 aromatic heterocycles. The van der Waals surface area contributed by atoms with Gasteiger partial charge >= 0.3 is 0 Å². The van der Waals surface area contributed by atoms with Crippen molar-refractivity contribution in [3.05, 3.63) is 16.6 Å². The summed E-state index contributed by atoms with van der Waals surface area (Å²) in [5, 5.41) is 15.3. The Hall–Kier alpha value is -0.910. The number of likely N-dealkylation sites (N-methyl/N-ethyl adjacent to an activating group) is 1. The Balaban J connectivity index is 1.81. The SMILES string of the molecule is CCN1CCC[C@@H](Nc2nnc(Cl)c3ccsc23)C1. The maximum atomic E-state index is 6.06. The fourth-order valence-corrected chi connectivity index (χ4v) is 3.69. The van der Waals surface area contributed by atoms with Gasteiger partial charge in [0, 0.05) is 18.0 Å². The lowest BCUT2D eigenvalue weighted by molar-refractivity contribution is 0.226. The molecule has 0 unspecified atom stereocenters. The summed E-state index contributed by atoms with van der Waals surface area (Å²) in [6.45, 7) is 5.60. The van der Waals surface area contributed by atoms with Gasteiger partial charge in [0.2, 0.25) is 0 Å². The first kappa shape index (κ1) is 13.1. The minimum Gasteiger partial charge on any atom is -0.363 e. The van der Waals surface area contributed by atoms with Crippen molar-refractivity contribution >= 4 is 38.8 Å². The van der Waals surface area contributed by atoms with E-state index in [1.807, 2.05) is 11.4 Å². The average Bonchev–Trinajstić information content (AvgIpc) is 2.93. The number of hydrogen-bond donors (Lipinski definition) is 1. The second-order valence-electron chi connectivity index (χ2n) is 4.88. The van der Waals surface area contributed by atoms with Crippen LogP contribution in [0.4, 0.5) is 5.82 Å². The van der Waals surface area contributed by atoms with Gasteiger partial charge in [-0.25, -0.2) is 0 Å². The highest BCUT2D eigenvalue weighted by Crippen LogP contribution is 2.31. The third kappa shape index (κ3) is 2.68. The Morgan fingerprint density at radius 2 is 2.42 bits per heavy atom. The van der Waals surface area contributed by atoms with Crippen LogP contribution in [0.15, 0.2) is 11.4 Å². The van der Waals surface area contributed by atoms with E-state index in [1.54, 1.807) is 11.3 Å². The molecule has 1 aliphatic heterocycles. The fraction of sp³-hybridized carbons (Fsp3) is 0.538. The van der Waals surface area contributed by atoms with E-state index < -0.39 is 0 Å². The Bertz CT molecular complexity index is 571. The van der Waals surface area contributed by atoms with Gasteiger partial charge in [-0.15, -0.1) is 21.5 Å². The Morgan fingerprint density at radius 1 is 1.53 bits per heavy atom. The number of hydrogen-bond acceptors (Lipinski definition) is 5. The van der Waals surface area contributed by atoms with Crippen molar-refractivity contribution in [2.24, 2.45) is 0 Å². The van der Waals surface area contributed by atoms with E-state index in [0.717, 1.165) is 29.0 Å². The van der Waals surface area contributed by atoms with E-state index in [9.17, 15) is 0 Å². The van der Waals surface area contributed by atoms with Gasteiger partial charge in [-0.05, 0) is 37.4 Å². The quantitative estimate of drug-likeness (QED) is 0.944. The molecule has 0 radical (unpaired) electrons. The highest BCUT2D eigenvalue weighted by atomic mass is 35.5. The predicted molar refractivity (Wildman–Crippen MR) is 81.2 cm³/mol. The summed E-state index contributed by atoms with van der Waals surface area (Å²) in [5.41, 5.74) is 0. The van der Waals surface area contributed by atoms with Gasteiger partial charge in [-0.1, -0.05) is 18.5 Å². The third-order valence-electron chi connectivity index (χ3n) is 3.63. The monoisotopic (exact) mass is 296 g/mol. The first-order chi connectivity index (χ1) is 9.28. The third-order valence-corrected chi connectivity index (χ3v) is 4.83. The van der Waals surface area contributed by atoms with E-state index in [-0.39, 0.29) is 0 Å². The summed E-state index contributed by atoms with van der Waals surface area (Å²) >= 11 is 7.72. The Labute approximate surface area is 121 Å². The molecule has 1 aliphatic rings. The molecular weight excluding hydrogens is 280 g/mol. The van der Waals surface area contributed by atoms with Crippen molar-refractivity contribution in [2.75, 3.05) is 25.0 Å². The van der Waals surface area contributed by atoms with Gasteiger partial charge in [0.05, 0.1) is 4.70 Å². The second kappa shape index (κ2) is 5.61. The highest BCUT2D eigenvalue weighted by molar-refractivity contribution is 7.17. The van der Waals surface area contributed by atoms with Crippen LogP contribution < -0.4 is 5.32 Å². The summed E-state index contributed by atoms with van der Waals surface area (Å²) in [6, 6.07) is 2.45. The van der Waals surface area contributed by atoms with Crippen molar-refractivity contribution in [2.45, 2.75) is 25.8 Å². The molecule has 0 aliphatic carbocycles. The molecule has 1 fully saturated rings. The number of nitrogens with zero attached hydrogens (tertiary/aromatic N) is 3. The van der Waals surface area contributed by atoms with Crippen LogP contribution in [0.25, 0.3) is 10.1 Å². The number of rotatable bonds is 3. The molecule has 0 aromatic carbocycles. The number of likely N-dealkylation sites (tertiary alicyclic amines) is 1. The number of halogens is 1. The lowest BCUT2D eigenvalue weighted by atomic mass is 10.1. The molecule has 1 atom stereocenters. The molecule has 102 valence electrons. The van der Waals surface area contributed by atoms with Gasteiger partial charge in [0.15, 0.2) is 11.0 Å².